The standard InChI is InChI=1S/C8H17N2O/c1-5-9-8(11)10(6-2)7(3)4/h7H,5-6H2,1-4H3. The first-order valence-electron chi connectivity index (χ1n) is 4.11. The van der Waals surface area contributed by atoms with Crippen LogP contribution in [-0.4, -0.2) is 30.1 Å². The largest absolute Gasteiger partial charge is 0.339 e. The summed E-state index contributed by atoms with van der Waals surface area (Å²) in [5.41, 5.74) is 0. The van der Waals surface area contributed by atoms with Gasteiger partial charge in [-0.25, -0.2) is 10.1 Å². The summed E-state index contributed by atoms with van der Waals surface area (Å²) in [6, 6.07) is 0.160. The molecule has 0 atom stereocenters. The van der Waals surface area contributed by atoms with E-state index in [1.54, 1.807) is 4.90 Å². The van der Waals surface area contributed by atoms with Crippen molar-refractivity contribution in [2.75, 3.05) is 13.1 Å². The SMILES string of the molecule is CC[N]C(=O)N(CC)C(C)C. The van der Waals surface area contributed by atoms with Crippen molar-refractivity contribution in [1.82, 2.24) is 10.2 Å². The van der Waals surface area contributed by atoms with Gasteiger partial charge in [0.1, 0.15) is 0 Å². The van der Waals surface area contributed by atoms with Gasteiger partial charge in [0.2, 0.25) is 0 Å². The second-order valence-corrected chi connectivity index (χ2v) is 2.64. The number of hydrogen-bond donors (Lipinski definition) is 0. The molecule has 11 heavy (non-hydrogen) atoms. The van der Waals surface area contributed by atoms with Gasteiger partial charge in [-0.15, -0.1) is 0 Å². The second kappa shape index (κ2) is 4.99. The lowest BCUT2D eigenvalue weighted by atomic mass is 10.3. The van der Waals surface area contributed by atoms with Gasteiger partial charge < -0.3 is 4.90 Å². The van der Waals surface area contributed by atoms with Gasteiger partial charge in [-0.1, -0.05) is 0 Å². The number of urea groups is 1. The Kier molecular flexibility index (Phi) is 4.66. The van der Waals surface area contributed by atoms with Crippen LogP contribution in [0.2, 0.25) is 0 Å². The zero-order valence-corrected chi connectivity index (χ0v) is 7.79. The van der Waals surface area contributed by atoms with E-state index in [0.717, 1.165) is 6.54 Å². The molecule has 0 saturated heterocycles. The Morgan fingerprint density at radius 2 is 2.00 bits per heavy atom. The van der Waals surface area contributed by atoms with Crippen molar-refractivity contribution >= 4 is 6.03 Å². The average Bonchev–Trinajstić information content (AvgIpc) is 1.88. The lowest BCUT2D eigenvalue weighted by Crippen LogP contribution is -2.40. The summed E-state index contributed by atoms with van der Waals surface area (Å²) in [7, 11) is 0. The molecule has 0 aliphatic rings. The third-order valence-electron chi connectivity index (χ3n) is 1.50. The summed E-state index contributed by atoms with van der Waals surface area (Å²) < 4.78 is 0. The molecule has 65 valence electrons. The fourth-order valence-electron chi connectivity index (χ4n) is 0.947. The highest BCUT2D eigenvalue weighted by Gasteiger charge is 2.13. The summed E-state index contributed by atoms with van der Waals surface area (Å²) in [6.07, 6.45) is 0. The van der Waals surface area contributed by atoms with Crippen LogP contribution in [0.4, 0.5) is 4.79 Å². The maximum absolute atomic E-state index is 11.2. The molecule has 0 bridgehead atoms. The van der Waals surface area contributed by atoms with Crippen LogP contribution < -0.4 is 5.32 Å². The first-order valence-corrected chi connectivity index (χ1v) is 4.11. The second-order valence-electron chi connectivity index (χ2n) is 2.64. The molecule has 0 aromatic heterocycles. The fraction of sp³-hybridized carbons (Fsp3) is 0.875. The lowest BCUT2D eigenvalue weighted by molar-refractivity contribution is 0.186. The van der Waals surface area contributed by atoms with E-state index in [1.807, 2.05) is 27.7 Å². The minimum atomic E-state index is -0.0926. The molecule has 0 rings (SSSR count). The van der Waals surface area contributed by atoms with E-state index in [-0.39, 0.29) is 12.1 Å². The highest BCUT2D eigenvalue weighted by atomic mass is 16.2. The first-order chi connectivity index (χ1) is 5.13. The van der Waals surface area contributed by atoms with Crippen LogP contribution in [0, 0.1) is 0 Å². The number of hydrogen-bond acceptors (Lipinski definition) is 1. The van der Waals surface area contributed by atoms with E-state index in [0.29, 0.717) is 6.54 Å². The summed E-state index contributed by atoms with van der Waals surface area (Å²) in [5, 5.41) is 3.80. The zero-order chi connectivity index (χ0) is 8.85. The molecule has 0 heterocycles. The molecular formula is C8H17N2O. The molecule has 0 spiro atoms. The van der Waals surface area contributed by atoms with Crippen LogP contribution >= 0.6 is 0 Å². The fourth-order valence-corrected chi connectivity index (χ4v) is 0.947. The molecule has 3 heteroatoms. The Labute approximate surface area is 68.8 Å². The van der Waals surface area contributed by atoms with Gasteiger partial charge >= 0.3 is 6.03 Å². The molecule has 0 aromatic carbocycles. The van der Waals surface area contributed by atoms with Crippen molar-refractivity contribution in [2.45, 2.75) is 33.7 Å². The van der Waals surface area contributed by atoms with Crippen LogP contribution in [0.15, 0.2) is 0 Å². The van der Waals surface area contributed by atoms with Crippen LogP contribution in [-0.2, 0) is 0 Å². The van der Waals surface area contributed by atoms with E-state index >= 15 is 0 Å². The summed E-state index contributed by atoms with van der Waals surface area (Å²) in [6.45, 7) is 9.12. The quantitative estimate of drug-likeness (QED) is 0.610. The molecule has 0 saturated carbocycles. The molecule has 0 fully saturated rings. The lowest BCUT2D eigenvalue weighted by Gasteiger charge is -2.23. The third-order valence-corrected chi connectivity index (χ3v) is 1.50. The molecule has 0 aliphatic carbocycles. The average molecular weight is 157 g/mol. The van der Waals surface area contributed by atoms with E-state index in [4.69, 9.17) is 0 Å². The number of carbonyl (C=O) groups excluding carboxylic acids is 1. The van der Waals surface area contributed by atoms with Gasteiger partial charge in [-0.05, 0) is 27.7 Å². The van der Waals surface area contributed by atoms with Gasteiger partial charge in [-0.3, -0.25) is 0 Å². The van der Waals surface area contributed by atoms with E-state index in [2.05, 4.69) is 5.32 Å². The molecule has 1 radical (unpaired) electrons. The smallest absolute Gasteiger partial charge is 0.321 e. The van der Waals surface area contributed by atoms with Gasteiger partial charge in [0.15, 0.2) is 0 Å². The predicted molar refractivity (Wildman–Crippen MR) is 45.6 cm³/mol. The maximum Gasteiger partial charge on any atom is 0.339 e. The number of nitrogens with zero attached hydrogens (tertiary/aromatic N) is 2. The molecule has 0 N–H and O–H groups in total. The van der Waals surface area contributed by atoms with Gasteiger partial charge in [-0.2, -0.15) is 0 Å². The van der Waals surface area contributed by atoms with Gasteiger partial charge in [0, 0.05) is 19.1 Å². The maximum atomic E-state index is 11.2. The number of carbonyl (C=O) groups is 1. The van der Waals surface area contributed by atoms with Crippen LogP contribution in [0.25, 0.3) is 0 Å². The predicted octanol–water partition coefficient (Wildman–Crippen LogP) is 1.46. The minimum Gasteiger partial charge on any atom is -0.321 e. The van der Waals surface area contributed by atoms with E-state index in [1.165, 1.54) is 0 Å². The summed E-state index contributed by atoms with van der Waals surface area (Å²) >= 11 is 0. The normalized spacial score (nSPS) is 9.91. The molecular weight excluding hydrogens is 140 g/mol. The van der Waals surface area contributed by atoms with Crippen molar-refractivity contribution in [3.05, 3.63) is 0 Å². The summed E-state index contributed by atoms with van der Waals surface area (Å²) in [5.74, 6) is 0. The number of rotatable bonds is 3. The van der Waals surface area contributed by atoms with Crippen molar-refractivity contribution in [3.63, 3.8) is 0 Å². The minimum absolute atomic E-state index is 0.0926. The molecule has 0 aromatic rings. The van der Waals surface area contributed by atoms with E-state index in [9.17, 15) is 4.79 Å². The van der Waals surface area contributed by atoms with Crippen LogP contribution in [0.1, 0.15) is 27.7 Å². The van der Waals surface area contributed by atoms with Gasteiger partial charge in [0.25, 0.3) is 0 Å². The Morgan fingerprint density at radius 3 is 2.27 bits per heavy atom. The zero-order valence-electron chi connectivity index (χ0n) is 7.79. The van der Waals surface area contributed by atoms with Crippen LogP contribution in [0.3, 0.4) is 0 Å². The molecule has 0 aliphatic heterocycles. The Balaban J connectivity index is 3.92. The monoisotopic (exact) mass is 157 g/mol. The number of amides is 2. The highest BCUT2D eigenvalue weighted by Crippen LogP contribution is 1.97. The Bertz CT molecular complexity index is 123. The first kappa shape index (κ1) is 10.3. The van der Waals surface area contributed by atoms with Gasteiger partial charge in [0.05, 0.1) is 0 Å². The van der Waals surface area contributed by atoms with Crippen molar-refractivity contribution < 1.29 is 4.79 Å². The van der Waals surface area contributed by atoms with Crippen LogP contribution in [0.5, 0.6) is 0 Å². The van der Waals surface area contributed by atoms with Crippen molar-refractivity contribution in [1.29, 1.82) is 0 Å². The molecule has 3 nitrogen and oxygen atoms in total. The van der Waals surface area contributed by atoms with Crippen molar-refractivity contribution in [3.8, 4) is 0 Å². The highest BCUT2D eigenvalue weighted by molar-refractivity contribution is 5.73. The Morgan fingerprint density at radius 1 is 1.45 bits per heavy atom. The molecule has 2 amide bonds. The third kappa shape index (κ3) is 3.25. The Hall–Kier alpha value is -0.730. The van der Waals surface area contributed by atoms with E-state index < -0.39 is 0 Å². The molecule has 0 unspecified atom stereocenters. The summed E-state index contributed by atoms with van der Waals surface area (Å²) in [4.78, 5) is 12.9. The van der Waals surface area contributed by atoms with Crippen molar-refractivity contribution in [2.24, 2.45) is 0 Å². The topological polar surface area (TPSA) is 34.4 Å².